The third-order valence-electron chi connectivity index (χ3n) is 15.2. The Kier molecular flexibility index (Phi) is 34.3. The lowest BCUT2D eigenvalue weighted by Crippen LogP contribution is -2.50. The van der Waals surface area contributed by atoms with Crippen molar-refractivity contribution in [1.82, 2.24) is 31.2 Å². The Labute approximate surface area is 510 Å². The highest BCUT2D eigenvalue weighted by Crippen LogP contribution is 2.25. The van der Waals surface area contributed by atoms with E-state index >= 15 is 0 Å². The normalized spacial score (nSPS) is 14.7. The van der Waals surface area contributed by atoms with Gasteiger partial charge >= 0.3 is 5.97 Å². The number of aliphatic hydroxyl groups is 1. The number of H-pyrrole nitrogens is 1. The summed E-state index contributed by atoms with van der Waals surface area (Å²) < 4.78 is 0. The van der Waals surface area contributed by atoms with Crippen LogP contribution in [0.15, 0.2) is 51.8 Å². The molecule has 486 valence electrons. The van der Waals surface area contributed by atoms with Gasteiger partial charge in [-0.1, -0.05) is 67.0 Å². The first kappa shape index (κ1) is 75.1. The molecule has 27 heteroatoms. The number of carbonyl (C=O) groups excluding carboxylic acids is 8. The SMILES string of the molecule is CC[C@H](Cc1ccc(O)cc1)C(=O)N[C@@H](CCCN=C(N)N)C(=O)C[C@@H](Cc1cnc[nH]1)C(=O)N[C@@H](CCCN=C(N)N)C(=O)C[C@@H](CCCN=C(N)N)C(=O)N[C@@H](CC(C)C)C(=O)C[C@@H](CC(C)C)C(=O)N[C@@H](CO)C(=O)C[C@H](C(=O)O)[C@@H](C)CC. The number of amides is 4. The first-order valence-electron chi connectivity index (χ1n) is 30.2. The molecule has 20 N–H and O–H groups in total. The van der Waals surface area contributed by atoms with Crippen molar-refractivity contribution in [2.24, 2.45) is 96.7 Å². The van der Waals surface area contributed by atoms with Gasteiger partial charge in [0.1, 0.15) is 11.8 Å². The lowest BCUT2D eigenvalue weighted by Gasteiger charge is -2.27. The Morgan fingerprint density at radius 2 is 0.977 bits per heavy atom. The van der Waals surface area contributed by atoms with Gasteiger partial charge in [-0.05, 0) is 99.7 Å². The van der Waals surface area contributed by atoms with Crippen LogP contribution in [0.4, 0.5) is 0 Å². The molecule has 0 aliphatic rings. The number of aromatic hydroxyl groups is 1. The number of nitrogens with two attached hydrogens (primary N) is 6. The Bertz CT molecular complexity index is 2600. The number of aliphatic hydroxyl groups excluding tert-OH is 1. The van der Waals surface area contributed by atoms with Gasteiger partial charge in [-0.15, -0.1) is 0 Å². The molecule has 2 rings (SSSR count). The van der Waals surface area contributed by atoms with Gasteiger partial charge in [0.05, 0.1) is 42.9 Å². The number of nitrogens with zero attached hydrogens (tertiary/aromatic N) is 4. The molecule has 0 aliphatic carbocycles. The first-order valence-corrected chi connectivity index (χ1v) is 30.2. The van der Waals surface area contributed by atoms with E-state index in [2.05, 4.69) is 46.2 Å². The number of imidazole rings is 1. The zero-order chi connectivity index (χ0) is 65.3. The highest BCUT2D eigenvalue weighted by atomic mass is 16.4. The van der Waals surface area contributed by atoms with Gasteiger partial charge in [-0.3, -0.25) is 58.1 Å². The topological polar surface area (TPSA) is 484 Å². The molecular formula is C60H99N15O12. The van der Waals surface area contributed by atoms with Gasteiger partial charge < -0.3 is 76.0 Å². The average molecular weight is 1220 g/mol. The lowest BCUT2D eigenvalue weighted by molar-refractivity contribution is -0.146. The molecule has 27 nitrogen and oxygen atoms in total. The van der Waals surface area contributed by atoms with Crippen LogP contribution in [0.25, 0.3) is 0 Å². The smallest absolute Gasteiger partial charge is 0.307 e. The van der Waals surface area contributed by atoms with Crippen molar-refractivity contribution in [2.45, 2.75) is 175 Å². The minimum absolute atomic E-state index is 0.0220. The number of carboxylic acid groups (broad SMARTS) is 1. The number of phenolic OH excluding ortho intramolecular Hbond substituents is 1. The standard InChI is InChI=1S/C60H99N15O12/c1-8-36(7)44(57(86)87)30-52(81)48(32-76)75-55(84)40(23-34(3)4)28-51(80)47(24-35(5)6)74-54(83)39(13-10-20-68-58(61)62)27-49(78)45(14-11-21-69-59(63)64)73-56(85)41(26-42-31-67-33-71-42)29-50(79)46(15-12-22-70-60(65)66)72-53(82)38(9-2)25-37-16-18-43(77)19-17-37/h16-19,31,33-36,38-41,44-48,76-77H,8-15,20-30,32H2,1-7H3,(H,67,71)(H,72,82)(H,73,85)(H,74,83)(H,75,84)(H,86,87)(H4,61,62,68)(H4,63,64,69)(H4,65,66,70)/t36-,38+,39+,40+,41+,44-,45-,46-,47-,48-/m0/s1. The summed E-state index contributed by atoms with van der Waals surface area (Å²) in [6, 6.07) is 1.47. The summed E-state index contributed by atoms with van der Waals surface area (Å²) in [6.07, 6.45) is 3.43. The van der Waals surface area contributed by atoms with Gasteiger partial charge in [0.15, 0.2) is 41.0 Å². The van der Waals surface area contributed by atoms with Crippen LogP contribution in [-0.2, 0) is 56.0 Å². The second kappa shape index (κ2) is 39.7. The van der Waals surface area contributed by atoms with Crippen LogP contribution in [0, 0.1) is 47.3 Å². The first-order chi connectivity index (χ1) is 41.1. The Hall–Kier alpha value is -7.97. The number of carbonyl (C=O) groups is 9. The molecule has 1 heterocycles. The molecule has 0 unspecified atom stereocenters. The zero-order valence-electron chi connectivity index (χ0n) is 51.8. The maximum atomic E-state index is 14.8. The van der Waals surface area contributed by atoms with Crippen LogP contribution in [0.3, 0.4) is 0 Å². The molecule has 0 saturated heterocycles. The van der Waals surface area contributed by atoms with Crippen LogP contribution in [0.2, 0.25) is 0 Å². The van der Waals surface area contributed by atoms with Crippen LogP contribution in [0.1, 0.15) is 150 Å². The number of Topliss-reactive ketones (excluding diaryl/α,β-unsaturated/α-hetero) is 4. The molecule has 1 aromatic heterocycles. The second-order valence-electron chi connectivity index (χ2n) is 23.4. The van der Waals surface area contributed by atoms with E-state index < -0.39 is 132 Å². The molecule has 4 amide bonds. The van der Waals surface area contributed by atoms with Crippen molar-refractivity contribution < 1.29 is 58.5 Å². The lowest BCUT2D eigenvalue weighted by atomic mass is 9.85. The summed E-state index contributed by atoms with van der Waals surface area (Å²) in [5.74, 6) is -12.1. The number of benzene rings is 1. The van der Waals surface area contributed by atoms with E-state index in [0.717, 1.165) is 5.56 Å². The number of hydrogen-bond donors (Lipinski definition) is 14. The number of aliphatic carboxylic acids is 1. The van der Waals surface area contributed by atoms with Crippen molar-refractivity contribution in [2.75, 3.05) is 26.2 Å². The van der Waals surface area contributed by atoms with Crippen LogP contribution in [0.5, 0.6) is 5.75 Å². The maximum Gasteiger partial charge on any atom is 0.307 e. The summed E-state index contributed by atoms with van der Waals surface area (Å²) in [4.78, 5) is 146. The number of ketones is 4. The third-order valence-corrected chi connectivity index (χ3v) is 15.2. The molecule has 0 radical (unpaired) electrons. The largest absolute Gasteiger partial charge is 0.508 e. The number of guanidine groups is 3. The Morgan fingerprint density at radius 1 is 0.540 bits per heavy atom. The van der Waals surface area contributed by atoms with Crippen LogP contribution < -0.4 is 55.7 Å². The summed E-state index contributed by atoms with van der Waals surface area (Å²) in [5.41, 5.74) is 34.9. The van der Waals surface area contributed by atoms with E-state index in [0.29, 0.717) is 25.0 Å². The predicted molar refractivity (Wildman–Crippen MR) is 331 cm³/mol. The predicted octanol–water partition coefficient (Wildman–Crippen LogP) is 1.54. The fraction of sp³-hybridized carbons (Fsp3) is 0.650. The van der Waals surface area contributed by atoms with Gasteiger partial charge in [0.2, 0.25) is 23.6 Å². The Balaban J connectivity index is 2.57. The summed E-state index contributed by atoms with van der Waals surface area (Å²) >= 11 is 0. The summed E-state index contributed by atoms with van der Waals surface area (Å²) in [6.45, 7) is 12.1. The minimum Gasteiger partial charge on any atom is -0.508 e. The van der Waals surface area contributed by atoms with Crippen molar-refractivity contribution in [1.29, 1.82) is 0 Å². The van der Waals surface area contributed by atoms with Crippen LogP contribution in [-0.4, -0.2) is 146 Å². The van der Waals surface area contributed by atoms with Gasteiger partial charge in [-0.2, -0.15) is 0 Å². The van der Waals surface area contributed by atoms with E-state index in [-0.39, 0.29) is 125 Å². The number of rotatable bonds is 45. The summed E-state index contributed by atoms with van der Waals surface area (Å²) in [7, 11) is 0. The summed E-state index contributed by atoms with van der Waals surface area (Å²) in [5, 5.41) is 41.0. The van der Waals surface area contributed by atoms with Crippen molar-refractivity contribution in [3.8, 4) is 5.75 Å². The maximum absolute atomic E-state index is 14.8. The fourth-order valence-electron chi connectivity index (χ4n) is 10.1. The number of nitrogens with one attached hydrogen (secondary N) is 5. The van der Waals surface area contributed by atoms with E-state index in [1.54, 1.807) is 26.0 Å². The minimum atomic E-state index is -1.44. The third kappa shape index (κ3) is 29.3. The monoisotopic (exact) mass is 1220 g/mol. The van der Waals surface area contributed by atoms with E-state index in [1.165, 1.54) is 24.7 Å². The fourth-order valence-corrected chi connectivity index (χ4v) is 10.1. The number of aromatic nitrogens is 2. The number of aromatic amines is 1. The zero-order valence-corrected chi connectivity index (χ0v) is 51.8. The Morgan fingerprint density at radius 3 is 1.44 bits per heavy atom. The van der Waals surface area contributed by atoms with E-state index in [4.69, 9.17) is 34.4 Å². The van der Waals surface area contributed by atoms with Crippen LogP contribution >= 0.6 is 0 Å². The molecule has 1 aromatic carbocycles. The second-order valence-corrected chi connectivity index (χ2v) is 23.4. The molecule has 87 heavy (non-hydrogen) atoms. The molecule has 0 spiro atoms. The molecular weight excluding hydrogens is 1120 g/mol. The van der Waals surface area contributed by atoms with Gasteiger partial charge in [0.25, 0.3) is 0 Å². The molecule has 2 aromatic rings. The number of hydrogen-bond acceptors (Lipinski definition) is 15. The highest BCUT2D eigenvalue weighted by molar-refractivity contribution is 5.98. The molecule has 10 atom stereocenters. The van der Waals surface area contributed by atoms with Crippen molar-refractivity contribution >= 4 is 70.6 Å². The van der Waals surface area contributed by atoms with Gasteiger partial charge in [-0.25, -0.2) is 4.98 Å². The van der Waals surface area contributed by atoms with E-state index in [1.807, 2.05) is 34.6 Å². The number of phenols is 1. The van der Waals surface area contributed by atoms with E-state index in [9.17, 15) is 58.5 Å². The molecule has 0 aliphatic heterocycles. The number of aliphatic imine (C=N–C) groups is 3. The van der Waals surface area contributed by atoms with Crippen molar-refractivity contribution in [3.05, 3.63) is 48.0 Å². The molecule has 0 saturated carbocycles. The number of carboxylic acids is 1. The average Bonchev–Trinajstić information content (AvgIpc) is 3.38. The molecule has 0 fully saturated rings. The van der Waals surface area contributed by atoms with Gasteiger partial charge in [0, 0.05) is 81.4 Å². The van der Waals surface area contributed by atoms with Crippen molar-refractivity contribution in [3.63, 3.8) is 0 Å². The quantitative estimate of drug-likeness (QED) is 0.0254. The molecule has 0 bridgehead atoms. The highest BCUT2D eigenvalue weighted by Gasteiger charge is 2.37.